The number of benzene rings is 1. The van der Waals surface area contributed by atoms with Crippen LogP contribution in [-0.2, 0) is 6.42 Å². The highest BCUT2D eigenvalue weighted by Gasteiger charge is 2.14. The first-order chi connectivity index (χ1) is 16.6. The predicted octanol–water partition coefficient (Wildman–Crippen LogP) is 5.01. The third-order valence-electron chi connectivity index (χ3n) is 5.30. The van der Waals surface area contributed by atoms with E-state index in [9.17, 15) is 9.59 Å². The maximum Gasteiger partial charge on any atom is 0.255 e. The third kappa shape index (κ3) is 4.59. The lowest BCUT2D eigenvalue weighted by Gasteiger charge is -2.13. The Kier molecular flexibility index (Phi) is 6.16. The zero-order valence-electron chi connectivity index (χ0n) is 17.8. The fourth-order valence-corrected chi connectivity index (χ4v) is 4.64. The van der Waals surface area contributed by atoms with Crippen molar-refractivity contribution in [2.75, 3.05) is 0 Å². The monoisotopic (exact) mass is 487 g/mol. The fraction of sp³-hybridized carbons (Fsp3) is 0.0800. The number of pyridine rings is 2. The van der Waals surface area contributed by atoms with Crippen molar-refractivity contribution in [3.05, 3.63) is 111 Å². The number of halogens is 1. The summed E-state index contributed by atoms with van der Waals surface area (Å²) in [6.45, 7) is 0. The molecule has 0 saturated heterocycles. The lowest BCUT2D eigenvalue weighted by molar-refractivity contribution is 0.0986. The van der Waals surface area contributed by atoms with Crippen molar-refractivity contribution in [1.82, 2.24) is 24.5 Å². The van der Waals surface area contributed by atoms with Gasteiger partial charge in [0.05, 0.1) is 26.8 Å². The fourth-order valence-electron chi connectivity index (χ4n) is 3.63. The first-order valence-corrected chi connectivity index (χ1v) is 11.7. The number of thiophene rings is 1. The van der Waals surface area contributed by atoms with Gasteiger partial charge in [-0.2, -0.15) is 0 Å². The first-order valence-electron chi connectivity index (χ1n) is 10.5. The molecule has 0 saturated carbocycles. The van der Waals surface area contributed by atoms with Crippen LogP contribution < -0.4 is 5.56 Å². The van der Waals surface area contributed by atoms with Gasteiger partial charge in [-0.05, 0) is 42.5 Å². The van der Waals surface area contributed by atoms with E-state index >= 15 is 0 Å². The molecule has 0 aliphatic rings. The molecule has 0 atom stereocenters. The van der Waals surface area contributed by atoms with Crippen LogP contribution in [0.1, 0.15) is 21.8 Å². The summed E-state index contributed by atoms with van der Waals surface area (Å²) in [7, 11) is 0. The van der Waals surface area contributed by atoms with Crippen LogP contribution in [0.2, 0.25) is 4.34 Å². The number of carbonyl (C=O) groups excluding carboxylic acids is 1. The van der Waals surface area contributed by atoms with Crippen molar-refractivity contribution in [1.29, 1.82) is 0 Å². The maximum absolute atomic E-state index is 12.4. The molecule has 1 aromatic carbocycles. The van der Waals surface area contributed by atoms with E-state index in [1.165, 1.54) is 17.4 Å². The standard InChI is InChI=1S/C25H18ClN5O2S/c26-24-11-10-23(34-24)22(32)9-6-18-16-31(29-28-18)21-8-7-19(30-13-2-1-5-25(30)33)14-20(21)17-4-3-12-27-15-17/h1-5,7-8,10-16H,6,9H2. The van der Waals surface area contributed by atoms with Crippen LogP contribution in [0.15, 0.2) is 90.2 Å². The van der Waals surface area contributed by atoms with Crippen molar-refractivity contribution >= 4 is 28.7 Å². The molecule has 5 rings (SSSR count). The molecule has 0 bridgehead atoms. The minimum Gasteiger partial charge on any atom is -0.293 e. The summed E-state index contributed by atoms with van der Waals surface area (Å²) in [5.74, 6) is 0.0279. The van der Waals surface area contributed by atoms with E-state index in [0.29, 0.717) is 27.7 Å². The van der Waals surface area contributed by atoms with Gasteiger partial charge >= 0.3 is 0 Å². The Morgan fingerprint density at radius 2 is 1.97 bits per heavy atom. The second kappa shape index (κ2) is 9.54. The number of rotatable bonds is 7. The van der Waals surface area contributed by atoms with Gasteiger partial charge in [0, 0.05) is 54.3 Å². The minimum absolute atomic E-state index is 0.0279. The summed E-state index contributed by atoms with van der Waals surface area (Å²) >= 11 is 7.21. The predicted molar refractivity (Wildman–Crippen MR) is 132 cm³/mol. The highest BCUT2D eigenvalue weighted by molar-refractivity contribution is 7.18. The number of hydrogen-bond donors (Lipinski definition) is 0. The molecular weight excluding hydrogens is 470 g/mol. The van der Waals surface area contributed by atoms with Crippen LogP contribution in [-0.4, -0.2) is 30.3 Å². The summed E-state index contributed by atoms with van der Waals surface area (Å²) in [6, 6.07) is 18.0. The molecule has 0 aliphatic carbocycles. The number of aromatic nitrogens is 5. The number of nitrogens with zero attached hydrogens (tertiary/aromatic N) is 5. The van der Waals surface area contributed by atoms with E-state index in [1.807, 2.05) is 42.6 Å². The summed E-state index contributed by atoms with van der Waals surface area (Å²) in [4.78, 5) is 29.6. The summed E-state index contributed by atoms with van der Waals surface area (Å²) < 4.78 is 3.86. The Morgan fingerprint density at radius 3 is 2.74 bits per heavy atom. The van der Waals surface area contributed by atoms with Crippen molar-refractivity contribution in [3.8, 4) is 22.5 Å². The van der Waals surface area contributed by atoms with Gasteiger partial charge < -0.3 is 0 Å². The lowest BCUT2D eigenvalue weighted by Crippen LogP contribution is -2.15. The molecule has 0 unspecified atom stereocenters. The number of ketones is 1. The van der Waals surface area contributed by atoms with E-state index in [-0.39, 0.29) is 11.3 Å². The molecule has 168 valence electrons. The van der Waals surface area contributed by atoms with Crippen molar-refractivity contribution in [2.24, 2.45) is 0 Å². The largest absolute Gasteiger partial charge is 0.293 e. The Bertz CT molecular complexity index is 1520. The van der Waals surface area contributed by atoms with Crippen molar-refractivity contribution in [3.63, 3.8) is 0 Å². The summed E-state index contributed by atoms with van der Waals surface area (Å²) in [5.41, 5.74) is 3.83. The molecule has 7 nitrogen and oxygen atoms in total. The second-order valence-corrected chi connectivity index (χ2v) is 9.25. The van der Waals surface area contributed by atoms with E-state index in [1.54, 1.807) is 46.0 Å². The molecule has 0 amide bonds. The van der Waals surface area contributed by atoms with Crippen LogP contribution in [0.25, 0.3) is 22.5 Å². The Morgan fingerprint density at radius 1 is 1.06 bits per heavy atom. The molecule has 34 heavy (non-hydrogen) atoms. The molecule has 0 aliphatic heterocycles. The normalized spacial score (nSPS) is 11.0. The van der Waals surface area contributed by atoms with Crippen LogP contribution in [0.3, 0.4) is 0 Å². The van der Waals surface area contributed by atoms with Gasteiger partial charge in [-0.25, -0.2) is 4.68 Å². The molecule has 9 heteroatoms. The van der Waals surface area contributed by atoms with Gasteiger partial charge in [0.25, 0.3) is 5.56 Å². The van der Waals surface area contributed by atoms with Crippen LogP contribution in [0.5, 0.6) is 0 Å². The Balaban J connectivity index is 1.46. The summed E-state index contributed by atoms with van der Waals surface area (Å²) in [6.07, 6.45) is 7.81. The van der Waals surface area contributed by atoms with Gasteiger partial charge in [0.15, 0.2) is 5.78 Å². The van der Waals surface area contributed by atoms with Crippen LogP contribution in [0, 0.1) is 0 Å². The number of Topliss-reactive ketones (excluding diaryl/α,β-unsaturated/α-hetero) is 1. The first kappa shape index (κ1) is 21.9. The third-order valence-corrected chi connectivity index (χ3v) is 6.57. The quantitative estimate of drug-likeness (QED) is 0.301. The van der Waals surface area contributed by atoms with E-state index in [2.05, 4.69) is 15.3 Å². The van der Waals surface area contributed by atoms with Crippen molar-refractivity contribution in [2.45, 2.75) is 12.8 Å². The average molecular weight is 488 g/mol. The second-order valence-electron chi connectivity index (χ2n) is 7.53. The lowest BCUT2D eigenvalue weighted by atomic mass is 10.0. The van der Waals surface area contributed by atoms with Gasteiger partial charge in [-0.3, -0.25) is 19.1 Å². The molecule has 0 N–H and O–H groups in total. The SMILES string of the molecule is O=C(CCc1cn(-c2ccc(-n3ccccc3=O)cc2-c2cccnc2)nn1)c1ccc(Cl)s1. The maximum atomic E-state index is 12.4. The van der Waals surface area contributed by atoms with Gasteiger partial charge in [-0.15, -0.1) is 16.4 Å². The van der Waals surface area contributed by atoms with Gasteiger partial charge in [0.1, 0.15) is 0 Å². The smallest absolute Gasteiger partial charge is 0.255 e. The van der Waals surface area contributed by atoms with E-state index in [0.717, 1.165) is 22.5 Å². The molecule has 4 heterocycles. The van der Waals surface area contributed by atoms with E-state index in [4.69, 9.17) is 11.6 Å². The highest BCUT2D eigenvalue weighted by atomic mass is 35.5. The van der Waals surface area contributed by atoms with Gasteiger partial charge in [-0.1, -0.05) is 28.9 Å². The number of hydrogen-bond acceptors (Lipinski definition) is 6. The highest BCUT2D eigenvalue weighted by Crippen LogP contribution is 2.28. The zero-order valence-corrected chi connectivity index (χ0v) is 19.4. The molecule has 5 aromatic rings. The van der Waals surface area contributed by atoms with Crippen LogP contribution in [0.4, 0.5) is 0 Å². The molecule has 4 aromatic heterocycles. The Labute approximate surface area is 203 Å². The molecule has 0 spiro atoms. The van der Waals surface area contributed by atoms with E-state index < -0.39 is 0 Å². The van der Waals surface area contributed by atoms with Crippen molar-refractivity contribution < 1.29 is 4.79 Å². The van der Waals surface area contributed by atoms with Crippen LogP contribution >= 0.6 is 22.9 Å². The topological polar surface area (TPSA) is 82.7 Å². The number of aryl methyl sites for hydroxylation is 1. The summed E-state index contributed by atoms with van der Waals surface area (Å²) in [5, 5.41) is 8.56. The molecule has 0 radical (unpaired) electrons. The number of carbonyl (C=O) groups is 1. The van der Waals surface area contributed by atoms with Gasteiger partial charge in [0.2, 0.25) is 0 Å². The average Bonchev–Trinajstić information content (AvgIpc) is 3.52. The molecular formula is C25H18ClN5O2S. The minimum atomic E-state index is -0.118. The molecule has 0 fully saturated rings. The Hall–Kier alpha value is -3.88. The zero-order chi connectivity index (χ0) is 23.5.